The summed E-state index contributed by atoms with van der Waals surface area (Å²) in [6.07, 6.45) is 1.68. The number of Topliss-reactive ketones (excluding diaryl/α,β-unsaturated/α-hetero) is 2. The molecule has 0 amide bonds. The lowest BCUT2D eigenvalue weighted by Gasteiger charge is -2.33. The highest BCUT2D eigenvalue weighted by Crippen LogP contribution is 2.47. The van der Waals surface area contributed by atoms with Crippen LogP contribution >= 0.6 is 0 Å². The number of benzene rings is 2. The molecule has 2 N–H and O–H groups in total. The summed E-state index contributed by atoms with van der Waals surface area (Å²) in [5.74, 6) is 0.659. The van der Waals surface area contributed by atoms with Crippen molar-refractivity contribution in [2.24, 2.45) is 5.73 Å². The number of hydrogen-bond donors (Lipinski definition) is 1. The molecule has 6 heteroatoms. The van der Waals surface area contributed by atoms with Gasteiger partial charge in [0, 0.05) is 29.5 Å². The summed E-state index contributed by atoms with van der Waals surface area (Å²) in [6, 6.07) is 14.1. The zero-order chi connectivity index (χ0) is 21.3. The van der Waals surface area contributed by atoms with Crippen molar-refractivity contribution in [1.29, 1.82) is 0 Å². The zero-order valence-electron chi connectivity index (χ0n) is 16.9. The minimum absolute atomic E-state index is 0.0205. The topological polar surface area (TPSA) is 87.8 Å². The van der Waals surface area contributed by atoms with Gasteiger partial charge < -0.3 is 19.9 Å². The van der Waals surface area contributed by atoms with Crippen LogP contribution in [0.4, 0.5) is 0 Å². The molecule has 0 bridgehead atoms. The first-order valence-electron chi connectivity index (χ1n) is 9.80. The van der Waals surface area contributed by atoms with Crippen molar-refractivity contribution in [3.8, 4) is 11.5 Å². The van der Waals surface area contributed by atoms with Crippen LogP contribution in [0.1, 0.15) is 41.1 Å². The second-order valence-electron chi connectivity index (χ2n) is 7.23. The Hall–Kier alpha value is -3.54. The van der Waals surface area contributed by atoms with E-state index in [2.05, 4.69) is 0 Å². The van der Waals surface area contributed by atoms with Crippen LogP contribution in [-0.4, -0.2) is 25.8 Å². The Morgan fingerprint density at radius 1 is 1.07 bits per heavy atom. The SMILES string of the molecule is COc1ccc(OC)c(C2C(C(=O)c3ccccc3)=C(N)OC3=C2C(=O)CCC3)c1. The van der Waals surface area contributed by atoms with Gasteiger partial charge in [-0.25, -0.2) is 0 Å². The number of carbonyl (C=O) groups excluding carboxylic acids is 2. The number of methoxy groups -OCH3 is 2. The summed E-state index contributed by atoms with van der Waals surface area (Å²) in [5, 5.41) is 0. The average molecular weight is 405 g/mol. The molecule has 0 fully saturated rings. The number of ether oxygens (including phenoxy) is 3. The predicted octanol–water partition coefficient (Wildman–Crippen LogP) is 3.88. The fourth-order valence-electron chi connectivity index (χ4n) is 4.10. The Morgan fingerprint density at radius 3 is 2.53 bits per heavy atom. The molecule has 2 aromatic rings. The highest BCUT2D eigenvalue weighted by molar-refractivity contribution is 6.13. The van der Waals surface area contributed by atoms with Gasteiger partial charge in [-0.1, -0.05) is 30.3 Å². The maximum atomic E-state index is 13.5. The number of allylic oxidation sites excluding steroid dienone is 3. The Kier molecular flexibility index (Phi) is 5.31. The lowest BCUT2D eigenvalue weighted by Crippen LogP contribution is -2.31. The molecular formula is C24H23NO5. The summed E-state index contributed by atoms with van der Waals surface area (Å²) in [4.78, 5) is 26.5. The van der Waals surface area contributed by atoms with Gasteiger partial charge in [0.15, 0.2) is 17.4 Å². The number of nitrogens with two attached hydrogens (primary N) is 1. The molecule has 154 valence electrons. The first-order valence-corrected chi connectivity index (χ1v) is 9.80. The maximum absolute atomic E-state index is 13.5. The molecule has 1 unspecified atom stereocenters. The first-order chi connectivity index (χ1) is 14.5. The molecule has 6 nitrogen and oxygen atoms in total. The Bertz CT molecular complexity index is 1070. The van der Waals surface area contributed by atoms with Crippen molar-refractivity contribution in [1.82, 2.24) is 0 Å². The summed E-state index contributed by atoms with van der Waals surface area (Å²) in [6.45, 7) is 0. The molecule has 0 aromatic heterocycles. The van der Waals surface area contributed by atoms with Crippen LogP contribution in [0.3, 0.4) is 0 Å². The molecule has 1 aliphatic carbocycles. The van der Waals surface area contributed by atoms with E-state index in [0.29, 0.717) is 53.2 Å². The van der Waals surface area contributed by atoms with E-state index in [1.54, 1.807) is 56.7 Å². The largest absolute Gasteiger partial charge is 0.497 e. The van der Waals surface area contributed by atoms with E-state index in [1.807, 2.05) is 6.07 Å². The van der Waals surface area contributed by atoms with Crippen molar-refractivity contribution in [2.75, 3.05) is 14.2 Å². The summed E-state index contributed by atoms with van der Waals surface area (Å²) >= 11 is 0. The minimum Gasteiger partial charge on any atom is -0.497 e. The Morgan fingerprint density at radius 2 is 1.83 bits per heavy atom. The minimum atomic E-state index is -0.695. The van der Waals surface area contributed by atoms with Gasteiger partial charge in [0.05, 0.1) is 25.7 Å². The van der Waals surface area contributed by atoms with Gasteiger partial charge in [0.25, 0.3) is 0 Å². The normalized spacial score (nSPS) is 18.6. The molecule has 2 aliphatic rings. The molecule has 0 saturated carbocycles. The highest BCUT2D eigenvalue weighted by Gasteiger charge is 2.42. The van der Waals surface area contributed by atoms with Crippen molar-refractivity contribution < 1.29 is 23.8 Å². The van der Waals surface area contributed by atoms with E-state index in [-0.39, 0.29) is 23.0 Å². The van der Waals surface area contributed by atoms with Crippen molar-refractivity contribution in [2.45, 2.75) is 25.2 Å². The second-order valence-corrected chi connectivity index (χ2v) is 7.23. The van der Waals surface area contributed by atoms with E-state index in [0.717, 1.165) is 0 Å². The van der Waals surface area contributed by atoms with Crippen LogP contribution < -0.4 is 15.2 Å². The maximum Gasteiger partial charge on any atom is 0.198 e. The third-order valence-electron chi connectivity index (χ3n) is 5.51. The monoisotopic (exact) mass is 405 g/mol. The van der Waals surface area contributed by atoms with Crippen LogP contribution in [0, 0.1) is 0 Å². The van der Waals surface area contributed by atoms with Gasteiger partial charge in [-0.05, 0) is 24.6 Å². The van der Waals surface area contributed by atoms with Crippen LogP contribution in [0.25, 0.3) is 0 Å². The summed E-state index contributed by atoms with van der Waals surface area (Å²) in [7, 11) is 3.11. The smallest absolute Gasteiger partial charge is 0.198 e. The molecule has 2 aromatic carbocycles. The zero-order valence-corrected chi connectivity index (χ0v) is 16.9. The molecular weight excluding hydrogens is 382 g/mol. The summed E-state index contributed by atoms with van der Waals surface area (Å²) < 4.78 is 16.8. The Balaban J connectivity index is 1.95. The number of ketones is 2. The lowest BCUT2D eigenvalue weighted by atomic mass is 9.75. The van der Waals surface area contributed by atoms with Crippen molar-refractivity contribution in [3.63, 3.8) is 0 Å². The van der Waals surface area contributed by atoms with Gasteiger partial charge >= 0.3 is 0 Å². The van der Waals surface area contributed by atoms with Gasteiger partial charge in [0.2, 0.25) is 0 Å². The molecule has 4 rings (SSSR count). The van der Waals surface area contributed by atoms with Crippen molar-refractivity contribution in [3.05, 3.63) is 82.4 Å². The van der Waals surface area contributed by atoms with Crippen LogP contribution in [0.2, 0.25) is 0 Å². The van der Waals surface area contributed by atoms with Gasteiger partial charge in [-0.3, -0.25) is 9.59 Å². The molecule has 0 saturated heterocycles. The van der Waals surface area contributed by atoms with E-state index >= 15 is 0 Å². The van der Waals surface area contributed by atoms with Crippen LogP contribution in [0.5, 0.6) is 11.5 Å². The van der Waals surface area contributed by atoms with Crippen LogP contribution in [0.15, 0.2) is 71.3 Å². The third-order valence-corrected chi connectivity index (χ3v) is 5.51. The fraction of sp³-hybridized carbons (Fsp3) is 0.250. The highest BCUT2D eigenvalue weighted by atomic mass is 16.5. The predicted molar refractivity (Wildman–Crippen MR) is 111 cm³/mol. The van der Waals surface area contributed by atoms with Crippen molar-refractivity contribution >= 4 is 11.6 Å². The Labute approximate surface area is 174 Å². The standard InChI is InChI=1S/C24H23NO5/c1-28-15-11-12-18(29-2)16(13-15)20-21-17(26)9-6-10-19(21)30-24(25)22(20)23(27)14-7-4-3-5-8-14/h3-5,7-8,11-13,20H,6,9-10,25H2,1-2H3. The first kappa shape index (κ1) is 19.8. The molecule has 1 aliphatic heterocycles. The third kappa shape index (κ3) is 3.34. The average Bonchev–Trinajstić information content (AvgIpc) is 2.78. The van der Waals surface area contributed by atoms with Gasteiger partial charge in [0.1, 0.15) is 17.3 Å². The molecule has 30 heavy (non-hydrogen) atoms. The van der Waals surface area contributed by atoms with Gasteiger partial charge in [-0.2, -0.15) is 0 Å². The molecule has 0 radical (unpaired) electrons. The van der Waals surface area contributed by atoms with E-state index in [1.165, 1.54) is 0 Å². The quantitative estimate of drug-likeness (QED) is 0.760. The number of hydrogen-bond acceptors (Lipinski definition) is 6. The molecule has 1 heterocycles. The number of carbonyl (C=O) groups is 2. The molecule has 1 atom stereocenters. The summed E-state index contributed by atoms with van der Waals surface area (Å²) in [5.41, 5.74) is 8.10. The van der Waals surface area contributed by atoms with E-state index in [4.69, 9.17) is 19.9 Å². The number of rotatable bonds is 5. The van der Waals surface area contributed by atoms with E-state index < -0.39 is 5.92 Å². The lowest BCUT2D eigenvalue weighted by molar-refractivity contribution is -0.116. The van der Waals surface area contributed by atoms with Gasteiger partial charge in [-0.15, -0.1) is 0 Å². The van der Waals surface area contributed by atoms with Crippen LogP contribution in [-0.2, 0) is 9.53 Å². The molecule has 0 spiro atoms. The fourth-order valence-corrected chi connectivity index (χ4v) is 4.10. The van der Waals surface area contributed by atoms with E-state index in [9.17, 15) is 9.59 Å². The second kappa shape index (κ2) is 8.06.